The number of esters is 1. The molecular weight excluding hydrogens is 366 g/mol. The maximum absolute atomic E-state index is 12.0. The molecular formula is C21H22ClNO4. The highest BCUT2D eigenvalue weighted by atomic mass is 35.5. The predicted octanol–water partition coefficient (Wildman–Crippen LogP) is 4.17. The molecule has 0 radical (unpaired) electrons. The molecule has 1 amide bonds. The van der Waals surface area contributed by atoms with Gasteiger partial charge in [0.15, 0.2) is 6.61 Å². The standard InChI is InChI=1S/C21H22ClNO4/c1-3-26-19-7-5-4-6-17(19)10-13-21(25)27-14-20(24)23-15(2)16-8-11-18(22)12-9-16/h4-13,15H,3,14H2,1-2H3,(H,23,24)/b13-10+/t15-/m1/s1. The summed E-state index contributed by atoms with van der Waals surface area (Å²) < 4.78 is 10.5. The number of ether oxygens (including phenoxy) is 2. The van der Waals surface area contributed by atoms with Crippen LogP contribution in [0.15, 0.2) is 54.6 Å². The van der Waals surface area contributed by atoms with Crippen molar-refractivity contribution < 1.29 is 19.1 Å². The fraction of sp³-hybridized carbons (Fsp3) is 0.238. The van der Waals surface area contributed by atoms with Crippen LogP contribution in [0.5, 0.6) is 5.75 Å². The van der Waals surface area contributed by atoms with Crippen molar-refractivity contribution in [3.05, 3.63) is 70.8 Å². The van der Waals surface area contributed by atoms with Gasteiger partial charge in [-0.15, -0.1) is 0 Å². The number of rotatable bonds is 8. The summed E-state index contributed by atoms with van der Waals surface area (Å²) in [6.07, 6.45) is 2.87. The predicted molar refractivity (Wildman–Crippen MR) is 106 cm³/mol. The van der Waals surface area contributed by atoms with Gasteiger partial charge in [0.25, 0.3) is 5.91 Å². The molecule has 0 aromatic heterocycles. The maximum Gasteiger partial charge on any atom is 0.331 e. The molecule has 2 rings (SSSR count). The van der Waals surface area contributed by atoms with Crippen molar-refractivity contribution >= 4 is 29.6 Å². The largest absolute Gasteiger partial charge is 0.493 e. The highest BCUT2D eigenvalue weighted by molar-refractivity contribution is 6.30. The summed E-state index contributed by atoms with van der Waals surface area (Å²) in [6, 6.07) is 14.3. The van der Waals surface area contributed by atoms with Gasteiger partial charge in [-0.1, -0.05) is 41.9 Å². The maximum atomic E-state index is 12.0. The first kappa shape index (κ1) is 20.5. The van der Waals surface area contributed by atoms with E-state index in [0.29, 0.717) is 17.4 Å². The van der Waals surface area contributed by atoms with Gasteiger partial charge in [0.05, 0.1) is 12.6 Å². The average molecular weight is 388 g/mol. The van der Waals surface area contributed by atoms with E-state index in [4.69, 9.17) is 21.1 Å². The second-order valence-electron chi connectivity index (χ2n) is 5.75. The quantitative estimate of drug-likeness (QED) is 0.545. The van der Waals surface area contributed by atoms with Crippen molar-refractivity contribution in [3.8, 4) is 5.75 Å². The Morgan fingerprint density at radius 3 is 2.56 bits per heavy atom. The lowest BCUT2D eigenvalue weighted by molar-refractivity contribution is -0.144. The van der Waals surface area contributed by atoms with Gasteiger partial charge in [-0.05, 0) is 43.7 Å². The molecule has 0 saturated carbocycles. The number of carbonyl (C=O) groups excluding carboxylic acids is 2. The summed E-state index contributed by atoms with van der Waals surface area (Å²) in [7, 11) is 0. The van der Waals surface area contributed by atoms with E-state index in [0.717, 1.165) is 11.1 Å². The van der Waals surface area contributed by atoms with Gasteiger partial charge in [0.1, 0.15) is 5.75 Å². The summed E-state index contributed by atoms with van der Waals surface area (Å²) in [5, 5.41) is 3.40. The molecule has 1 N–H and O–H groups in total. The summed E-state index contributed by atoms with van der Waals surface area (Å²) >= 11 is 5.85. The van der Waals surface area contributed by atoms with Crippen molar-refractivity contribution in [1.29, 1.82) is 0 Å². The number of benzene rings is 2. The van der Waals surface area contributed by atoms with Crippen LogP contribution in [0.2, 0.25) is 5.02 Å². The van der Waals surface area contributed by atoms with Crippen LogP contribution in [0.3, 0.4) is 0 Å². The molecule has 6 heteroatoms. The Hall–Kier alpha value is -2.79. The fourth-order valence-corrected chi connectivity index (χ4v) is 2.49. The van der Waals surface area contributed by atoms with Gasteiger partial charge in [-0.25, -0.2) is 4.79 Å². The summed E-state index contributed by atoms with van der Waals surface area (Å²) in [5.41, 5.74) is 1.67. The highest BCUT2D eigenvalue weighted by Gasteiger charge is 2.11. The van der Waals surface area contributed by atoms with E-state index >= 15 is 0 Å². The third-order valence-electron chi connectivity index (χ3n) is 3.71. The summed E-state index contributed by atoms with van der Waals surface area (Å²) in [5.74, 6) is -0.303. The van der Waals surface area contributed by atoms with Crippen molar-refractivity contribution in [2.75, 3.05) is 13.2 Å². The topological polar surface area (TPSA) is 64.6 Å². The zero-order valence-electron chi connectivity index (χ0n) is 15.3. The molecule has 0 aliphatic rings. The molecule has 0 saturated heterocycles. The minimum absolute atomic E-state index is 0.220. The minimum atomic E-state index is -0.601. The first-order valence-corrected chi connectivity index (χ1v) is 8.99. The van der Waals surface area contributed by atoms with Crippen LogP contribution in [-0.2, 0) is 14.3 Å². The van der Waals surface area contributed by atoms with Crippen LogP contribution >= 0.6 is 11.6 Å². The van der Waals surface area contributed by atoms with E-state index in [2.05, 4.69) is 5.32 Å². The van der Waals surface area contributed by atoms with Crippen LogP contribution < -0.4 is 10.1 Å². The smallest absolute Gasteiger partial charge is 0.331 e. The minimum Gasteiger partial charge on any atom is -0.493 e. The van der Waals surface area contributed by atoms with Gasteiger partial charge < -0.3 is 14.8 Å². The lowest BCUT2D eigenvalue weighted by Gasteiger charge is -2.14. The SMILES string of the molecule is CCOc1ccccc1/C=C/C(=O)OCC(=O)N[C@H](C)c1ccc(Cl)cc1. The van der Waals surface area contributed by atoms with Crippen molar-refractivity contribution in [1.82, 2.24) is 5.32 Å². The van der Waals surface area contributed by atoms with Gasteiger partial charge in [0.2, 0.25) is 0 Å². The van der Waals surface area contributed by atoms with Crippen molar-refractivity contribution in [2.45, 2.75) is 19.9 Å². The van der Waals surface area contributed by atoms with Crippen LogP contribution in [-0.4, -0.2) is 25.1 Å². The molecule has 2 aromatic carbocycles. The van der Waals surface area contributed by atoms with E-state index < -0.39 is 5.97 Å². The van der Waals surface area contributed by atoms with E-state index in [1.807, 2.05) is 50.2 Å². The Bertz CT molecular complexity index is 802. The summed E-state index contributed by atoms with van der Waals surface area (Å²) in [4.78, 5) is 23.8. The normalized spacial score (nSPS) is 11.8. The van der Waals surface area contributed by atoms with Crippen LogP contribution in [0.1, 0.15) is 31.0 Å². The number of halogens is 1. The van der Waals surface area contributed by atoms with E-state index in [1.165, 1.54) is 6.08 Å². The van der Waals surface area contributed by atoms with Crippen LogP contribution in [0.4, 0.5) is 0 Å². The molecule has 2 aromatic rings. The molecule has 0 unspecified atom stereocenters. The third-order valence-corrected chi connectivity index (χ3v) is 3.96. The van der Waals surface area contributed by atoms with Crippen LogP contribution in [0.25, 0.3) is 6.08 Å². The first-order valence-electron chi connectivity index (χ1n) is 8.61. The Labute approximate surface area is 163 Å². The summed E-state index contributed by atoms with van der Waals surface area (Å²) in [6.45, 7) is 3.90. The van der Waals surface area contributed by atoms with E-state index in [9.17, 15) is 9.59 Å². The van der Waals surface area contributed by atoms with Gasteiger partial charge in [-0.3, -0.25) is 4.79 Å². The zero-order chi connectivity index (χ0) is 19.6. The molecule has 0 aliphatic carbocycles. The molecule has 142 valence electrons. The van der Waals surface area contributed by atoms with Crippen molar-refractivity contribution in [3.63, 3.8) is 0 Å². The van der Waals surface area contributed by atoms with Crippen LogP contribution in [0, 0.1) is 0 Å². The average Bonchev–Trinajstić information content (AvgIpc) is 2.66. The van der Waals surface area contributed by atoms with Crippen molar-refractivity contribution in [2.24, 2.45) is 0 Å². The number of hydrogen-bond donors (Lipinski definition) is 1. The fourth-order valence-electron chi connectivity index (χ4n) is 2.37. The Kier molecular flexibility index (Phi) is 7.89. The Balaban J connectivity index is 1.82. The highest BCUT2D eigenvalue weighted by Crippen LogP contribution is 2.19. The number of hydrogen-bond acceptors (Lipinski definition) is 4. The second-order valence-corrected chi connectivity index (χ2v) is 6.19. The third kappa shape index (κ3) is 6.79. The molecule has 27 heavy (non-hydrogen) atoms. The molecule has 0 aliphatic heterocycles. The number of nitrogens with one attached hydrogen (secondary N) is 1. The monoisotopic (exact) mass is 387 g/mol. The number of amides is 1. The number of para-hydroxylation sites is 1. The Morgan fingerprint density at radius 2 is 1.85 bits per heavy atom. The number of carbonyl (C=O) groups is 2. The molecule has 0 fully saturated rings. The van der Waals surface area contributed by atoms with Gasteiger partial charge in [0, 0.05) is 16.7 Å². The van der Waals surface area contributed by atoms with Gasteiger partial charge >= 0.3 is 5.97 Å². The van der Waals surface area contributed by atoms with E-state index in [1.54, 1.807) is 18.2 Å². The first-order chi connectivity index (χ1) is 13.0. The molecule has 0 bridgehead atoms. The lowest BCUT2D eigenvalue weighted by atomic mass is 10.1. The zero-order valence-corrected chi connectivity index (χ0v) is 16.0. The lowest BCUT2D eigenvalue weighted by Crippen LogP contribution is -2.30. The molecule has 0 spiro atoms. The molecule has 0 heterocycles. The second kappa shape index (κ2) is 10.4. The van der Waals surface area contributed by atoms with E-state index in [-0.39, 0.29) is 18.6 Å². The van der Waals surface area contributed by atoms with Gasteiger partial charge in [-0.2, -0.15) is 0 Å². The molecule has 1 atom stereocenters. The molecule has 5 nitrogen and oxygen atoms in total. The Morgan fingerprint density at radius 1 is 1.15 bits per heavy atom.